The van der Waals surface area contributed by atoms with Crippen molar-refractivity contribution >= 4 is 5.91 Å². The summed E-state index contributed by atoms with van der Waals surface area (Å²) in [5, 5.41) is 4.47. The van der Waals surface area contributed by atoms with Crippen LogP contribution in [-0.4, -0.2) is 38.7 Å². The number of amides is 1. The van der Waals surface area contributed by atoms with Gasteiger partial charge >= 0.3 is 0 Å². The molecule has 2 aromatic heterocycles. The number of aromatic nitrogens is 3. The SMILES string of the molecule is CC(C)c1cc(C(=O)N2CCCC(c3ncc(Cc4ccc(F)cc4)o3)C2)n(C)n1. The average Bonchev–Trinajstić information content (AvgIpc) is 3.36. The fraction of sp³-hybridized carbons (Fsp3) is 0.435. The molecule has 6 nitrogen and oxygen atoms in total. The Labute approximate surface area is 175 Å². The quantitative estimate of drug-likeness (QED) is 0.630. The van der Waals surface area contributed by atoms with Gasteiger partial charge in [0.05, 0.1) is 17.8 Å². The number of carbonyl (C=O) groups is 1. The molecule has 3 aromatic rings. The van der Waals surface area contributed by atoms with Crippen LogP contribution in [0, 0.1) is 5.82 Å². The van der Waals surface area contributed by atoms with Gasteiger partial charge < -0.3 is 9.32 Å². The number of likely N-dealkylation sites (tertiary alicyclic amines) is 1. The maximum absolute atomic E-state index is 13.1. The van der Waals surface area contributed by atoms with Gasteiger partial charge in [0.25, 0.3) is 5.91 Å². The Morgan fingerprint density at radius 1 is 1.30 bits per heavy atom. The highest BCUT2D eigenvalue weighted by Crippen LogP contribution is 2.28. The van der Waals surface area contributed by atoms with Crippen molar-refractivity contribution in [2.75, 3.05) is 13.1 Å². The van der Waals surface area contributed by atoms with Crippen molar-refractivity contribution in [3.63, 3.8) is 0 Å². The molecule has 0 N–H and O–H groups in total. The Morgan fingerprint density at radius 3 is 2.77 bits per heavy atom. The van der Waals surface area contributed by atoms with Gasteiger partial charge in [-0.1, -0.05) is 26.0 Å². The Kier molecular flexibility index (Phi) is 5.70. The molecule has 1 aromatic carbocycles. The fourth-order valence-electron chi connectivity index (χ4n) is 3.89. The first-order valence-electron chi connectivity index (χ1n) is 10.4. The highest BCUT2D eigenvalue weighted by molar-refractivity contribution is 5.92. The van der Waals surface area contributed by atoms with Gasteiger partial charge in [-0.15, -0.1) is 0 Å². The van der Waals surface area contributed by atoms with Crippen LogP contribution in [0.1, 0.15) is 71.9 Å². The lowest BCUT2D eigenvalue weighted by Crippen LogP contribution is -2.40. The normalized spacial score (nSPS) is 17.0. The van der Waals surface area contributed by atoms with E-state index in [1.54, 1.807) is 23.0 Å². The zero-order valence-electron chi connectivity index (χ0n) is 17.6. The molecule has 1 aliphatic rings. The molecular formula is C23H27FN4O2. The van der Waals surface area contributed by atoms with Crippen LogP contribution < -0.4 is 0 Å². The number of hydrogen-bond donors (Lipinski definition) is 0. The summed E-state index contributed by atoms with van der Waals surface area (Å²) in [5.74, 6) is 1.50. The summed E-state index contributed by atoms with van der Waals surface area (Å²) in [6.45, 7) is 5.44. The summed E-state index contributed by atoms with van der Waals surface area (Å²) in [6, 6.07) is 8.28. The van der Waals surface area contributed by atoms with Crippen molar-refractivity contribution in [2.24, 2.45) is 7.05 Å². The molecule has 1 amide bonds. The molecule has 1 fully saturated rings. The number of halogens is 1. The molecule has 0 saturated carbocycles. The van der Waals surface area contributed by atoms with Gasteiger partial charge in [-0.3, -0.25) is 9.48 Å². The largest absolute Gasteiger partial charge is 0.445 e. The number of aryl methyl sites for hydroxylation is 1. The molecule has 1 aliphatic heterocycles. The van der Waals surface area contributed by atoms with Crippen LogP contribution in [0.4, 0.5) is 4.39 Å². The lowest BCUT2D eigenvalue weighted by Gasteiger charge is -2.31. The van der Waals surface area contributed by atoms with Crippen LogP contribution in [0.3, 0.4) is 0 Å². The van der Waals surface area contributed by atoms with Crippen molar-refractivity contribution in [2.45, 2.75) is 44.9 Å². The molecule has 3 heterocycles. The predicted octanol–water partition coefficient (Wildman–Crippen LogP) is 4.28. The first kappa shape index (κ1) is 20.3. The Balaban J connectivity index is 1.44. The number of carbonyl (C=O) groups excluding carboxylic acids is 1. The van der Waals surface area contributed by atoms with Crippen LogP contribution in [0.2, 0.25) is 0 Å². The maximum Gasteiger partial charge on any atom is 0.272 e. The van der Waals surface area contributed by atoms with E-state index in [1.165, 1.54) is 12.1 Å². The molecule has 0 bridgehead atoms. The van der Waals surface area contributed by atoms with E-state index in [2.05, 4.69) is 23.9 Å². The van der Waals surface area contributed by atoms with Crippen LogP contribution in [-0.2, 0) is 13.5 Å². The van der Waals surface area contributed by atoms with Gasteiger partial charge in [0.2, 0.25) is 0 Å². The molecule has 0 aliphatic carbocycles. The summed E-state index contributed by atoms with van der Waals surface area (Å²) < 4.78 is 20.8. The number of hydrogen-bond acceptors (Lipinski definition) is 4. The van der Waals surface area contributed by atoms with E-state index in [9.17, 15) is 9.18 Å². The van der Waals surface area contributed by atoms with Gasteiger partial charge in [-0.25, -0.2) is 9.37 Å². The molecule has 0 spiro atoms. The minimum atomic E-state index is -0.252. The second kappa shape index (κ2) is 8.42. The Bertz CT molecular complexity index is 1020. The van der Waals surface area contributed by atoms with Gasteiger partial charge in [0.15, 0.2) is 5.89 Å². The number of piperidine rings is 1. The zero-order chi connectivity index (χ0) is 21.3. The molecule has 1 saturated heterocycles. The van der Waals surface area contributed by atoms with E-state index >= 15 is 0 Å². The van der Waals surface area contributed by atoms with Gasteiger partial charge in [-0.05, 0) is 42.5 Å². The zero-order valence-corrected chi connectivity index (χ0v) is 17.6. The summed E-state index contributed by atoms with van der Waals surface area (Å²) >= 11 is 0. The third-order valence-electron chi connectivity index (χ3n) is 5.63. The Morgan fingerprint density at radius 2 is 2.07 bits per heavy atom. The second-order valence-corrected chi connectivity index (χ2v) is 8.29. The predicted molar refractivity (Wildman–Crippen MR) is 111 cm³/mol. The van der Waals surface area contributed by atoms with Gasteiger partial charge in [0, 0.05) is 26.6 Å². The lowest BCUT2D eigenvalue weighted by atomic mass is 9.97. The van der Waals surface area contributed by atoms with Gasteiger partial charge in [-0.2, -0.15) is 5.10 Å². The van der Waals surface area contributed by atoms with Crippen molar-refractivity contribution in [3.05, 3.63) is 70.9 Å². The summed E-state index contributed by atoms with van der Waals surface area (Å²) in [7, 11) is 1.82. The van der Waals surface area contributed by atoms with E-state index < -0.39 is 0 Å². The van der Waals surface area contributed by atoms with Crippen LogP contribution >= 0.6 is 0 Å². The maximum atomic E-state index is 13.1. The smallest absolute Gasteiger partial charge is 0.272 e. The van der Waals surface area contributed by atoms with Crippen molar-refractivity contribution in [3.8, 4) is 0 Å². The minimum absolute atomic E-state index is 0.000285. The molecule has 158 valence electrons. The standard InChI is InChI=1S/C23H27FN4O2/c1-15(2)20-12-21(27(3)26-20)23(29)28-10-4-5-17(14-28)22-25-13-19(30-22)11-16-6-8-18(24)9-7-16/h6-9,12-13,15,17H,4-5,10-11,14H2,1-3H3. The van der Waals surface area contributed by atoms with Crippen LogP contribution in [0.25, 0.3) is 0 Å². The number of nitrogens with zero attached hydrogens (tertiary/aromatic N) is 4. The molecule has 4 rings (SSSR count). The third kappa shape index (κ3) is 4.30. The number of benzene rings is 1. The Hall–Kier alpha value is -2.96. The molecule has 1 atom stereocenters. The summed E-state index contributed by atoms with van der Waals surface area (Å²) in [4.78, 5) is 19.4. The molecule has 0 radical (unpaired) electrons. The molecule has 30 heavy (non-hydrogen) atoms. The second-order valence-electron chi connectivity index (χ2n) is 8.29. The highest BCUT2D eigenvalue weighted by Gasteiger charge is 2.30. The summed E-state index contributed by atoms with van der Waals surface area (Å²) in [6.07, 6.45) is 4.13. The molecule has 7 heteroatoms. The van der Waals surface area contributed by atoms with Crippen molar-refractivity contribution in [1.82, 2.24) is 19.7 Å². The van der Waals surface area contributed by atoms with Crippen LogP contribution in [0.5, 0.6) is 0 Å². The first-order chi connectivity index (χ1) is 14.4. The lowest BCUT2D eigenvalue weighted by molar-refractivity contribution is 0.0686. The minimum Gasteiger partial charge on any atom is -0.445 e. The molecule has 1 unspecified atom stereocenters. The third-order valence-corrected chi connectivity index (χ3v) is 5.63. The van der Waals surface area contributed by atoms with Crippen LogP contribution in [0.15, 0.2) is 40.9 Å². The van der Waals surface area contributed by atoms with E-state index in [0.717, 1.165) is 36.4 Å². The summed E-state index contributed by atoms with van der Waals surface area (Å²) in [5.41, 5.74) is 2.51. The van der Waals surface area contributed by atoms with Gasteiger partial charge in [0.1, 0.15) is 17.3 Å². The first-order valence-corrected chi connectivity index (χ1v) is 10.4. The topological polar surface area (TPSA) is 64.2 Å². The molecular weight excluding hydrogens is 383 g/mol. The number of rotatable bonds is 5. The van der Waals surface area contributed by atoms with Crippen molar-refractivity contribution < 1.29 is 13.6 Å². The van der Waals surface area contributed by atoms with E-state index in [0.29, 0.717) is 24.6 Å². The highest BCUT2D eigenvalue weighted by atomic mass is 19.1. The van der Waals surface area contributed by atoms with E-state index in [1.807, 2.05) is 18.0 Å². The van der Waals surface area contributed by atoms with Crippen molar-refractivity contribution in [1.29, 1.82) is 0 Å². The van der Waals surface area contributed by atoms with E-state index in [-0.39, 0.29) is 23.6 Å². The van der Waals surface area contributed by atoms with E-state index in [4.69, 9.17) is 4.42 Å². The number of oxazole rings is 1. The average molecular weight is 410 g/mol. The monoisotopic (exact) mass is 410 g/mol. The fourth-order valence-corrected chi connectivity index (χ4v) is 3.89.